The van der Waals surface area contributed by atoms with Gasteiger partial charge in [0.15, 0.2) is 0 Å². The molecule has 0 aliphatic rings. The van der Waals surface area contributed by atoms with Gasteiger partial charge in [-0.05, 0) is 103 Å². The van der Waals surface area contributed by atoms with Crippen molar-refractivity contribution in [2.24, 2.45) is 0 Å². The molecule has 0 aliphatic carbocycles. The summed E-state index contributed by atoms with van der Waals surface area (Å²) in [7, 11) is 0. The van der Waals surface area contributed by atoms with E-state index >= 15 is 0 Å². The third kappa shape index (κ3) is 72.1. The molecule has 0 bridgehead atoms. The van der Waals surface area contributed by atoms with E-state index in [-0.39, 0.29) is 50.6 Å². The van der Waals surface area contributed by atoms with Crippen molar-refractivity contribution in [3.05, 3.63) is 0 Å². The number of nitrogens with zero attached hydrogens (tertiary/aromatic N) is 2. The first-order valence-electron chi connectivity index (χ1n) is 33.2. The molecule has 0 fully saturated rings. The summed E-state index contributed by atoms with van der Waals surface area (Å²) >= 11 is 0. The number of rotatable bonds is 62. The molecule has 7 heteroatoms. The van der Waals surface area contributed by atoms with Crippen molar-refractivity contribution in [1.82, 2.24) is 9.80 Å². The van der Waals surface area contributed by atoms with Crippen LogP contribution in [0.3, 0.4) is 0 Å². The van der Waals surface area contributed by atoms with E-state index in [0.717, 1.165) is 38.8 Å². The zero-order valence-electron chi connectivity index (χ0n) is 50.7. The van der Waals surface area contributed by atoms with Crippen LogP contribution in [0.25, 0.3) is 0 Å². The van der Waals surface area contributed by atoms with E-state index < -0.39 is 11.9 Å². The van der Waals surface area contributed by atoms with Gasteiger partial charge in [0.2, 0.25) is 0 Å². The van der Waals surface area contributed by atoms with Crippen molar-refractivity contribution in [3.8, 4) is 0 Å². The molecular weight excluding hydrogens is 925 g/mol. The summed E-state index contributed by atoms with van der Waals surface area (Å²) in [4.78, 5) is 26.7. The molecule has 0 saturated carbocycles. The van der Waals surface area contributed by atoms with Crippen LogP contribution < -0.4 is 10.2 Å². The number of hydrogen-bond donors (Lipinski definition) is 0. The van der Waals surface area contributed by atoms with E-state index in [0.29, 0.717) is 0 Å². The Morgan fingerprint density at radius 2 is 0.342 bits per heavy atom. The second-order valence-electron chi connectivity index (χ2n) is 22.9. The minimum Gasteiger partial charge on any atom is -0.550 e. The van der Waals surface area contributed by atoms with Gasteiger partial charge in [0.05, 0.1) is 0 Å². The molecule has 0 aliphatic heterocycles. The fourth-order valence-electron chi connectivity index (χ4n) is 10.6. The largest absolute Gasteiger partial charge is 2.00 e. The van der Waals surface area contributed by atoms with E-state index in [1.54, 1.807) is 0 Å². The Morgan fingerprint density at radius 1 is 0.219 bits per heavy atom. The summed E-state index contributed by atoms with van der Waals surface area (Å²) in [5.74, 6) is -1.80. The van der Waals surface area contributed by atoms with Crippen LogP contribution >= 0.6 is 0 Å². The molecule has 0 aromatic carbocycles. The van der Waals surface area contributed by atoms with Crippen molar-refractivity contribution in [3.63, 3.8) is 0 Å². The molecule has 6 nitrogen and oxygen atoms in total. The smallest absolute Gasteiger partial charge is 0.550 e. The van der Waals surface area contributed by atoms with Gasteiger partial charge < -0.3 is 29.6 Å². The molecule has 0 aromatic heterocycles. The van der Waals surface area contributed by atoms with Gasteiger partial charge in [-0.25, -0.2) is 0 Å². The zero-order chi connectivity index (χ0) is 52.7. The predicted octanol–water partition coefficient (Wildman–Crippen LogP) is 18.8. The molecule has 0 amide bonds. The van der Waals surface area contributed by atoms with Crippen LogP contribution in [0.15, 0.2) is 0 Å². The van der Waals surface area contributed by atoms with Crippen LogP contribution in [0.5, 0.6) is 0 Å². The molecule has 0 radical (unpaired) electrons. The van der Waals surface area contributed by atoms with Gasteiger partial charge in [-0.2, -0.15) is 0 Å². The van der Waals surface area contributed by atoms with Gasteiger partial charge in [-0.15, -0.1) is 0 Å². The quantitative estimate of drug-likeness (QED) is 0.0446. The van der Waals surface area contributed by atoms with Crippen LogP contribution in [0, 0.1) is 0 Å². The topological polar surface area (TPSA) is 86.7 Å². The molecule has 0 unspecified atom stereocenters. The minimum atomic E-state index is -0.900. The fourth-order valence-corrected chi connectivity index (χ4v) is 10.6. The van der Waals surface area contributed by atoms with Crippen molar-refractivity contribution in [2.75, 3.05) is 39.3 Å². The number of carbonyl (C=O) groups is 2. The van der Waals surface area contributed by atoms with Crippen LogP contribution in [-0.4, -0.2) is 98.7 Å². The van der Waals surface area contributed by atoms with Gasteiger partial charge in [0.1, 0.15) is 0 Å². The predicted molar refractivity (Wildman–Crippen MR) is 321 cm³/mol. The summed E-state index contributed by atoms with van der Waals surface area (Å²) in [6.07, 6.45) is 71.0. The van der Waals surface area contributed by atoms with Crippen molar-refractivity contribution in [1.29, 1.82) is 0 Å². The Balaban J connectivity index is -0.00000132. The second-order valence-corrected chi connectivity index (χ2v) is 22.9. The number of carboxylic acid groups (broad SMARTS) is 2. The maximum atomic E-state index is 10.7. The Morgan fingerprint density at radius 3 is 0.479 bits per heavy atom. The van der Waals surface area contributed by atoms with Gasteiger partial charge in [-0.1, -0.05) is 310 Å². The summed E-state index contributed by atoms with van der Waals surface area (Å²) in [6.45, 7) is 16.0. The first-order valence-corrected chi connectivity index (χ1v) is 33.2. The average Bonchev–Trinajstić information content (AvgIpc) is 3.37. The molecule has 0 aromatic rings. The van der Waals surface area contributed by atoms with E-state index in [1.165, 1.54) is 334 Å². The molecule has 0 atom stereocenters. The SMILES string of the molecule is CCCCCCCCCCCCCCN(CCCCCCCCCCCCCC)CCCCC(=O)[O-].CCCCCCCCCCCCCCN(CCCCCCCCCCCCCC)CCCCC(=O)[O-].[Ca+2]. The van der Waals surface area contributed by atoms with Crippen LogP contribution in [0.1, 0.15) is 374 Å². The maximum Gasteiger partial charge on any atom is 2.00 e. The molecule has 0 saturated heterocycles. The zero-order valence-corrected chi connectivity index (χ0v) is 52.9. The van der Waals surface area contributed by atoms with E-state index in [4.69, 9.17) is 0 Å². The third-order valence-electron chi connectivity index (χ3n) is 15.5. The Labute approximate surface area is 489 Å². The minimum absolute atomic E-state index is 0. The molecule has 0 spiro atoms. The number of unbranched alkanes of at least 4 members (excludes halogenated alkanes) is 46. The second kappa shape index (κ2) is 70.1. The van der Waals surface area contributed by atoms with Crippen molar-refractivity contribution in [2.45, 2.75) is 374 Å². The maximum absolute atomic E-state index is 10.7. The van der Waals surface area contributed by atoms with E-state index in [9.17, 15) is 19.8 Å². The van der Waals surface area contributed by atoms with Gasteiger partial charge in [0.25, 0.3) is 0 Å². The van der Waals surface area contributed by atoms with Crippen molar-refractivity contribution >= 4 is 49.7 Å². The Bertz CT molecular complexity index is 881. The first kappa shape index (κ1) is 77.4. The molecule has 73 heavy (non-hydrogen) atoms. The molecule has 0 N–H and O–H groups in total. The summed E-state index contributed by atoms with van der Waals surface area (Å²) in [5, 5.41) is 21.4. The van der Waals surface area contributed by atoms with Crippen LogP contribution in [0.2, 0.25) is 0 Å². The number of aliphatic carboxylic acids is 2. The fraction of sp³-hybridized carbons (Fsp3) is 0.970. The Hall–Kier alpha value is 0.120. The summed E-state index contributed by atoms with van der Waals surface area (Å²) in [5.41, 5.74) is 0. The van der Waals surface area contributed by atoms with Gasteiger partial charge in [0, 0.05) is 11.9 Å². The van der Waals surface area contributed by atoms with Crippen molar-refractivity contribution < 1.29 is 19.8 Å². The van der Waals surface area contributed by atoms with Crippen LogP contribution in [-0.2, 0) is 9.59 Å². The number of hydrogen-bond acceptors (Lipinski definition) is 6. The first-order chi connectivity index (χ1) is 35.4. The molecule has 0 heterocycles. The summed E-state index contributed by atoms with van der Waals surface area (Å²) in [6, 6.07) is 0. The average molecular weight is 1060 g/mol. The standard InChI is InChI=1S/2C33H67NO2.Ca/c2*1-3-5-7-9-11-13-15-17-19-21-23-26-30-34(32-28-25-29-33(35)36)31-27-24-22-20-18-16-14-12-10-8-6-4-2;/h2*3-32H2,1-2H3,(H,35,36);/q;;+2/p-2. The molecule has 432 valence electrons. The van der Waals surface area contributed by atoms with E-state index in [2.05, 4.69) is 37.5 Å². The molecule has 0 rings (SSSR count). The monoisotopic (exact) mass is 1060 g/mol. The number of carboxylic acids is 2. The normalized spacial score (nSPS) is 11.4. The van der Waals surface area contributed by atoms with Gasteiger partial charge >= 0.3 is 37.7 Å². The van der Waals surface area contributed by atoms with Crippen LogP contribution in [0.4, 0.5) is 0 Å². The Kier molecular flexibility index (Phi) is 74.3. The third-order valence-corrected chi connectivity index (χ3v) is 15.5. The summed E-state index contributed by atoms with van der Waals surface area (Å²) < 4.78 is 0. The number of carbonyl (C=O) groups excluding carboxylic acids is 2. The molecular formula is C66H132CaN2O4. The van der Waals surface area contributed by atoms with E-state index in [1.807, 2.05) is 0 Å². The van der Waals surface area contributed by atoms with Gasteiger partial charge in [-0.3, -0.25) is 0 Å².